The molecule has 1 saturated heterocycles. The summed E-state index contributed by atoms with van der Waals surface area (Å²) in [4.78, 5) is 0. The van der Waals surface area contributed by atoms with Crippen molar-refractivity contribution in [2.75, 3.05) is 6.61 Å². The Morgan fingerprint density at radius 1 is 1.42 bits per heavy atom. The van der Waals surface area contributed by atoms with Crippen LogP contribution in [0.2, 0.25) is 5.02 Å². The van der Waals surface area contributed by atoms with Crippen LogP contribution in [0, 0.1) is 5.92 Å². The summed E-state index contributed by atoms with van der Waals surface area (Å²) in [5.74, 6) is 0.522. The van der Waals surface area contributed by atoms with Gasteiger partial charge in [-0.25, -0.2) is 13.1 Å². The van der Waals surface area contributed by atoms with Gasteiger partial charge in [0.05, 0.1) is 21.0 Å². The Hall–Kier alpha value is 0.340. The van der Waals surface area contributed by atoms with Gasteiger partial charge in [0.1, 0.15) is 4.21 Å². The average Bonchev–Trinajstić information content (AvgIpc) is 2.99. The maximum Gasteiger partial charge on any atom is 0.250 e. The predicted octanol–water partition coefficient (Wildman–Crippen LogP) is 3.01. The summed E-state index contributed by atoms with van der Waals surface area (Å²) in [5.41, 5.74) is 0. The van der Waals surface area contributed by atoms with Crippen LogP contribution >= 0.6 is 38.9 Å². The zero-order chi connectivity index (χ0) is 13.6. The quantitative estimate of drug-likeness (QED) is 0.865. The highest BCUT2D eigenvalue weighted by atomic mass is 79.9. The van der Waals surface area contributed by atoms with Crippen molar-refractivity contribution in [3.05, 3.63) is 14.9 Å². The Balaban J connectivity index is 1.77. The van der Waals surface area contributed by atoms with E-state index in [0.29, 0.717) is 21.3 Å². The van der Waals surface area contributed by atoms with E-state index in [4.69, 9.17) is 16.3 Å². The van der Waals surface area contributed by atoms with Gasteiger partial charge in [0, 0.05) is 6.61 Å². The van der Waals surface area contributed by atoms with Crippen LogP contribution in [0.1, 0.15) is 19.3 Å². The van der Waals surface area contributed by atoms with Crippen molar-refractivity contribution < 1.29 is 13.2 Å². The Morgan fingerprint density at radius 3 is 2.74 bits per heavy atom. The zero-order valence-electron chi connectivity index (χ0n) is 9.93. The molecule has 0 radical (unpaired) electrons. The molecule has 0 spiro atoms. The van der Waals surface area contributed by atoms with Crippen LogP contribution in [0.25, 0.3) is 0 Å². The molecule has 2 atom stereocenters. The second-order valence-electron chi connectivity index (χ2n) is 4.88. The summed E-state index contributed by atoms with van der Waals surface area (Å²) < 4.78 is 33.9. The summed E-state index contributed by atoms with van der Waals surface area (Å²) >= 11 is 10.2. The lowest BCUT2D eigenvalue weighted by molar-refractivity contribution is 0.0848. The molecule has 4 nitrogen and oxygen atoms in total. The molecule has 106 valence electrons. The van der Waals surface area contributed by atoms with E-state index in [9.17, 15) is 8.42 Å². The van der Waals surface area contributed by atoms with E-state index in [-0.39, 0.29) is 16.4 Å². The fourth-order valence-corrected chi connectivity index (χ4v) is 6.04. The van der Waals surface area contributed by atoms with Gasteiger partial charge in [-0.05, 0) is 47.2 Å². The van der Waals surface area contributed by atoms with Crippen molar-refractivity contribution in [3.8, 4) is 0 Å². The largest absolute Gasteiger partial charge is 0.376 e. The van der Waals surface area contributed by atoms with Crippen molar-refractivity contribution in [2.24, 2.45) is 5.92 Å². The van der Waals surface area contributed by atoms with Gasteiger partial charge < -0.3 is 4.74 Å². The number of ether oxygens (including phenoxy) is 1. The van der Waals surface area contributed by atoms with E-state index in [1.807, 2.05) is 0 Å². The highest BCUT2D eigenvalue weighted by Crippen LogP contribution is 2.40. The number of rotatable bonds is 4. The lowest BCUT2D eigenvalue weighted by Gasteiger charge is -2.18. The van der Waals surface area contributed by atoms with Crippen LogP contribution in [0.5, 0.6) is 0 Å². The fourth-order valence-electron chi connectivity index (χ4n) is 2.34. The molecule has 0 aromatic carbocycles. The second kappa shape index (κ2) is 5.27. The Bertz CT molecular complexity index is 565. The first-order chi connectivity index (χ1) is 8.97. The molecule has 19 heavy (non-hydrogen) atoms. The number of hydrogen-bond donors (Lipinski definition) is 1. The summed E-state index contributed by atoms with van der Waals surface area (Å²) in [7, 11) is -3.51. The number of sulfonamides is 1. The molecular weight excluding hydrogens is 374 g/mol. The second-order valence-corrected chi connectivity index (χ2v) is 9.59. The Kier molecular flexibility index (Phi) is 3.96. The van der Waals surface area contributed by atoms with Gasteiger partial charge in [0.25, 0.3) is 0 Å². The number of thiophene rings is 1. The van der Waals surface area contributed by atoms with Gasteiger partial charge >= 0.3 is 0 Å². The minimum atomic E-state index is -3.51. The van der Waals surface area contributed by atoms with Crippen LogP contribution in [-0.4, -0.2) is 27.2 Å². The third kappa shape index (κ3) is 3.01. The van der Waals surface area contributed by atoms with Gasteiger partial charge in [-0.15, -0.1) is 11.3 Å². The van der Waals surface area contributed by atoms with Crippen molar-refractivity contribution in [1.82, 2.24) is 4.72 Å². The van der Waals surface area contributed by atoms with Crippen LogP contribution in [-0.2, 0) is 14.8 Å². The average molecular weight is 387 g/mol. The molecule has 0 bridgehead atoms. The minimum Gasteiger partial charge on any atom is -0.376 e. The first-order valence-electron chi connectivity index (χ1n) is 6.06. The van der Waals surface area contributed by atoms with Crippen molar-refractivity contribution in [3.63, 3.8) is 0 Å². The van der Waals surface area contributed by atoms with Crippen LogP contribution in [0.4, 0.5) is 0 Å². The van der Waals surface area contributed by atoms with E-state index in [0.717, 1.165) is 30.6 Å². The van der Waals surface area contributed by atoms with Crippen LogP contribution < -0.4 is 4.72 Å². The fraction of sp³-hybridized carbons (Fsp3) is 0.636. The molecule has 8 heteroatoms. The first kappa shape index (κ1) is 14.3. The summed E-state index contributed by atoms with van der Waals surface area (Å²) in [6.45, 7) is 0.628. The molecule has 1 aliphatic heterocycles. The van der Waals surface area contributed by atoms with Crippen molar-refractivity contribution in [1.29, 1.82) is 0 Å². The standard InChI is InChI=1S/C11H13BrClNO3S2/c12-11-7(13)5-9(18-11)19(15,16)14-8-3-4-17-10(8)6-1-2-6/h5-6,8,10,14H,1-4H2. The highest BCUT2D eigenvalue weighted by molar-refractivity contribution is 9.11. The smallest absolute Gasteiger partial charge is 0.250 e. The summed E-state index contributed by atoms with van der Waals surface area (Å²) in [5, 5.41) is 0.423. The lowest BCUT2D eigenvalue weighted by Crippen LogP contribution is -2.41. The van der Waals surface area contributed by atoms with E-state index in [1.54, 1.807) is 0 Å². The molecule has 1 N–H and O–H groups in total. The lowest BCUT2D eigenvalue weighted by atomic mass is 10.1. The molecule has 1 aromatic rings. The molecule has 2 fully saturated rings. The van der Waals surface area contributed by atoms with Gasteiger partial charge in [-0.2, -0.15) is 0 Å². The van der Waals surface area contributed by atoms with Crippen molar-refractivity contribution >= 4 is 48.9 Å². The zero-order valence-corrected chi connectivity index (χ0v) is 13.9. The third-order valence-electron chi connectivity index (χ3n) is 3.42. The highest BCUT2D eigenvalue weighted by Gasteiger charge is 2.42. The Labute approximate surface area is 129 Å². The Morgan fingerprint density at radius 2 is 2.16 bits per heavy atom. The van der Waals surface area contributed by atoms with E-state index in [2.05, 4.69) is 20.7 Å². The van der Waals surface area contributed by atoms with Crippen molar-refractivity contribution in [2.45, 2.75) is 35.6 Å². The van der Waals surface area contributed by atoms with Crippen LogP contribution in [0.3, 0.4) is 0 Å². The van der Waals surface area contributed by atoms with E-state index < -0.39 is 10.0 Å². The number of halogens is 2. The van der Waals surface area contributed by atoms with Gasteiger partial charge in [-0.1, -0.05) is 11.6 Å². The molecule has 2 heterocycles. The molecule has 2 unspecified atom stereocenters. The molecule has 2 aliphatic rings. The predicted molar refractivity (Wildman–Crippen MR) is 78.2 cm³/mol. The molecule has 1 saturated carbocycles. The maximum absolute atomic E-state index is 12.3. The SMILES string of the molecule is O=S(=O)(NC1CCOC1C1CC1)c1cc(Cl)c(Br)s1. The molecular formula is C11H13BrClNO3S2. The van der Waals surface area contributed by atoms with Gasteiger partial charge in [0.2, 0.25) is 10.0 Å². The summed E-state index contributed by atoms with van der Waals surface area (Å²) in [6.07, 6.45) is 3.05. The number of nitrogens with one attached hydrogen (secondary N) is 1. The molecule has 3 rings (SSSR count). The van der Waals surface area contributed by atoms with Gasteiger partial charge in [0.15, 0.2) is 0 Å². The number of hydrogen-bond acceptors (Lipinski definition) is 4. The topological polar surface area (TPSA) is 55.4 Å². The maximum atomic E-state index is 12.3. The monoisotopic (exact) mass is 385 g/mol. The third-order valence-corrected chi connectivity index (χ3v) is 7.85. The van der Waals surface area contributed by atoms with E-state index in [1.165, 1.54) is 6.07 Å². The molecule has 1 aliphatic carbocycles. The van der Waals surface area contributed by atoms with Gasteiger partial charge in [-0.3, -0.25) is 0 Å². The minimum absolute atomic E-state index is 0.0358. The summed E-state index contributed by atoms with van der Waals surface area (Å²) in [6, 6.07) is 1.36. The van der Waals surface area contributed by atoms with Crippen LogP contribution in [0.15, 0.2) is 14.1 Å². The van der Waals surface area contributed by atoms with E-state index >= 15 is 0 Å². The normalized spacial score (nSPS) is 27.9. The molecule has 0 amide bonds. The molecule has 1 aromatic heterocycles. The first-order valence-corrected chi connectivity index (χ1v) is 9.53.